The summed E-state index contributed by atoms with van der Waals surface area (Å²) in [5.41, 5.74) is 2.92. The molecule has 0 aliphatic carbocycles. The van der Waals surface area contributed by atoms with Crippen molar-refractivity contribution >= 4 is 28.6 Å². The van der Waals surface area contributed by atoms with Gasteiger partial charge >= 0.3 is 0 Å². The third-order valence-corrected chi connectivity index (χ3v) is 5.69. The Morgan fingerprint density at radius 1 is 1.29 bits per heavy atom. The minimum absolute atomic E-state index is 0.241. The minimum Gasteiger partial charge on any atom is -0.456 e. The van der Waals surface area contributed by atoms with Crippen LogP contribution in [0.1, 0.15) is 11.4 Å². The van der Waals surface area contributed by atoms with Crippen LogP contribution in [-0.2, 0) is 34.4 Å². The second kappa shape index (κ2) is 8.24. The van der Waals surface area contributed by atoms with Crippen LogP contribution in [0, 0.1) is 0 Å². The zero-order valence-corrected chi connectivity index (χ0v) is 17.8. The highest BCUT2D eigenvalue weighted by Gasteiger charge is 2.48. The molecule has 5 rings (SSSR count). The highest BCUT2D eigenvalue weighted by Crippen LogP contribution is 2.30. The van der Waals surface area contributed by atoms with Gasteiger partial charge in [-0.1, -0.05) is 11.6 Å². The van der Waals surface area contributed by atoms with E-state index in [-0.39, 0.29) is 24.9 Å². The molecule has 4 atom stereocenters. The first kappa shape index (κ1) is 20.5. The predicted octanol–water partition coefficient (Wildman–Crippen LogP) is 1.01. The number of anilines is 1. The largest absolute Gasteiger partial charge is 0.456 e. The van der Waals surface area contributed by atoms with Gasteiger partial charge in [0.15, 0.2) is 11.8 Å². The fourth-order valence-corrected chi connectivity index (χ4v) is 4.10. The summed E-state index contributed by atoms with van der Waals surface area (Å²) >= 11 is 6.40. The van der Waals surface area contributed by atoms with E-state index in [0.29, 0.717) is 47.8 Å². The van der Waals surface area contributed by atoms with Gasteiger partial charge in [-0.3, -0.25) is 4.68 Å². The first-order valence-corrected chi connectivity index (χ1v) is 10.3. The molecule has 2 aliphatic heterocycles. The third-order valence-electron chi connectivity index (χ3n) is 5.41. The molecule has 2 saturated heterocycles. The number of rotatable bonds is 7. The molecule has 0 aromatic carbocycles. The molecule has 2 fully saturated rings. The SMILES string of the molecule is COCc1cc(CNc2nc3nc(O[C@@H]4CO[C@H]5[C@@H]4OC[C@H]5O)[nH]c3cc2Cl)nn1C. The number of hydrogen-bond donors (Lipinski definition) is 3. The number of aliphatic hydroxyl groups is 1. The Kier molecular flexibility index (Phi) is 5.44. The molecule has 11 nitrogen and oxygen atoms in total. The molecule has 2 aliphatic rings. The van der Waals surface area contributed by atoms with Crippen LogP contribution in [0.15, 0.2) is 12.1 Å². The lowest BCUT2D eigenvalue weighted by molar-refractivity contribution is 0.00706. The van der Waals surface area contributed by atoms with E-state index in [2.05, 4.69) is 25.4 Å². The maximum atomic E-state index is 9.86. The van der Waals surface area contributed by atoms with Gasteiger partial charge in [0.1, 0.15) is 24.1 Å². The van der Waals surface area contributed by atoms with Crippen molar-refractivity contribution in [2.45, 2.75) is 37.6 Å². The van der Waals surface area contributed by atoms with E-state index >= 15 is 0 Å². The average Bonchev–Trinajstić information content (AvgIpc) is 3.48. The van der Waals surface area contributed by atoms with Crippen LogP contribution < -0.4 is 10.1 Å². The van der Waals surface area contributed by atoms with Crippen molar-refractivity contribution in [1.29, 1.82) is 0 Å². The van der Waals surface area contributed by atoms with Crippen molar-refractivity contribution in [3.05, 3.63) is 28.5 Å². The van der Waals surface area contributed by atoms with Gasteiger partial charge in [-0.2, -0.15) is 10.1 Å². The van der Waals surface area contributed by atoms with Gasteiger partial charge in [0.2, 0.25) is 0 Å². The summed E-state index contributed by atoms with van der Waals surface area (Å²) in [4.78, 5) is 12.0. The van der Waals surface area contributed by atoms with Crippen molar-refractivity contribution in [1.82, 2.24) is 24.7 Å². The molecule has 31 heavy (non-hydrogen) atoms. The number of H-pyrrole nitrogens is 1. The molecule has 0 spiro atoms. The van der Waals surface area contributed by atoms with Gasteiger partial charge in [0.25, 0.3) is 6.01 Å². The van der Waals surface area contributed by atoms with Gasteiger partial charge in [-0.05, 0) is 12.1 Å². The summed E-state index contributed by atoms with van der Waals surface area (Å²) in [5.74, 6) is 0.498. The molecule has 0 unspecified atom stereocenters. The minimum atomic E-state index is -0.631. The number of nitrogens with one attached hydrogen (secondary N) is 2. The number of ether oxygens (including phenoxy) is 4. The van der Waals surface area contributed by atoms with E-state index in [1.165, 1.54) is 0 Å². The summed E-state index contributed by atoms with van der Waals surface area (Å²) in [7, 11) is 3.52. The summed E-state index contributed by atoms with van der Waals surface area (Å²) < 4.78 is 24.0. The number of aryl methyl sites for hydroxylation is 1. The molecule has 0 bridgehead atoms. The van der Waals surface area contributed by atoms with Gasteiger partial charge in [0, 0.05) is 14.2 Å². The van der Waals surface area contributed by atoms with Crippen LogP contribution in [0.25, 0.3) is 11.2 Å². The van der Waals surface area contributed by atoms with Gasteiger partial charge in [-0.15, -0.1) is 0 Å². The number of aromatic amines is 1. The Labute approximate surface area is 182 Å². The summed E-state index contributed by atoms with van der Waals surface area (Å²) in [6, 6.07) is 4.00. The zero-order chi connectivity index (χ0) is 21.5. The van der Waals surface area contributed by atoms with Gasteiger partial charge in [-0.25, -0.2) is 4.98 Å². The van der Waals surface area contributed by atoms with Crippen LogP contribution in [0.4, 0.5) is 5.82 Å². The number of aliphatic hydroxyl groups excluding tert-OH is 1. The number of pyridine rings is 1. The molecule has 0 saturated carbocycles. The monoisotopic (exact) mass is 450 g/mol. The van der Waals surface area contributed by atoms with Gasteiger partial charge < -0.3 is 34.4 Å². The van der Waals surface area contributed by atoms with Crippen molar-refractivity contribution in [3.63, 3.8) is 0 Å². The Balaban J connectivity index is 1.29. The Morgan fingerprint density at radius 3 is 2.97 bits per heavy atom. The number of fused-ring (bicyclic) bond motifs is 2. The van der Waals surface area contributed by atoms with E-state index in [0.717, 1.165) is 11.4 Å². The quantitative estimate of drug-likeness (QED) is 0.483. The Hall–Kier alpha value is -2.44. The van der Waals surface area contributed by atoms with Crippen LogP contribution in [-0.4, -0.2) is 74.6 Å². The first-order chi connectivity index (χ1) is 15.0. The fourth-order valence-electron chi connectivity index (χ4n) is 3.88. The lowest BCUT2D eigenvalue weighted by Gasteiger charge is -2.15. The lowest BCUT2D eigenvalue weighted by atomic mass is 10.1. The number of hydrogen-bond acceptors (Lipinski definition) is 9. The average molecular weight is 451 g/mol. The Morgan fingerprint density at radius 2 is 2.13 bits per heavy atom. The molecule has 0 radical (unpaired) electrons. The molecule has 3 aromatic rings. The van der Waals surface area contributed by atoms with Crippen molar-refractivity contribution in [3.8, 4) is 6.01 Å². The van der Waals surface area contributed by atoms with Crippen molar-refractivity contribution < 1.29 is 24.1 Å². The number of aromatic nitrogens is 5. The molecule has 5 heterocycles. The van der Waals surface area contributed by atoms with Gasteiger partial charge in [0.05, 0.1) is 48.3 Å². The molecule has 3 N–H and O–H groups in total. The van der Waals surface area contributed by atoms with E-state index in [1.807, 2.05) is 13.1 Å². The fraction of sp³-hybridized carbons (Fsp3) is 0.526. The van der Waals surface area contributed by atoms with Crippen molar-refractivity contribution in [2.75, 3.05) is 25.6 Å². The predicted molar refractivity (Wildman–Crippen MR) is 110 cm³/mol. The Bertz CT molecular complexity index is 1090. The highest BCUT2D eigenvalue weighted by atomic mass is 35.5. The smallest absolute Gasteiger partial charge is 0.296 e. The first-order valence-electron chi connectivity index (χ1n) is 9.90. The maximum absolute atomic E-state index is 9.86. The zero-order valence-electron chi connectivity index (χ0n) is 17.0. The van der Waals surface area contributed by atoms with Crippen LogP contribution in [0.2, 0.25) is 5.02 Å². The molecular formula is C19H23ClN6O5. The van der Waals surface area contributed by atoms with E-state index in [9.17, 15) is 5.11 Å². The molecule has 166 valence electrons. The third kappa shape index (κ3) is 3.94. The van der Waals surface area contributed by atoms with E-state index in [4.69, 9.17) is 30.5 Å². The molecule has 12 heteroatoms. The topological polar surface area (TPSA) is 129 Å². The van der Waals surface area contributed by atoms with Crippen LogP contribution in [0.3, 0.4) is 0 Å². The molecule has 3 aromatic heterocycles. The normalized spacial score (nSPS) is 25.3. The highest BCUT2D eigenvalue weighted by molar-refractivity contribution is 6.33. The molecule has 0 amide bonds. The standard InChI is InChI=1S/C19H23ClN6O5/c1-26-10(6-28-2)3-9(25-26)5-21-17-11(20)4-12-18(23-17)24-19(22-12)31-14-8-30-15-13(27)7-29-16(14)15/h3-4,13-16,27H,5-8H2,1-2H3,(H2,21,22,23,24)/t13-,14-,15-,16-/m1/s1. The van der Waals surface area contributed by atoms with Crippen molar-refractivity contribution in [2.24, 2.45) is 7.05 Å². The van der Waals surface area contributed by atoms with Crippen LogP contribution >= 0.6 is 11.6 Å². The second-order valence-corrected chi connectivity index (χ2v) is 8.00. The van der Waals surface area contributed by atoms with E-state index in [1.54, 1.807) is 17.9 Å². The van der Waals surface area contributed by atoms with E-state index < -0.39 is 6.10 Å². The molecular weight excluding hydrogens is 428 g/mol. The summed E-state index contributed by atoms with van der Waals surface area (Å²) in [6.07, 6.45) is -1.68. The van der Waals surface area contributed by atoms with Crippen LogP contribution in [0.5, 0.6) is 6.01 Å². The second-order valence-electron chi connectivity index (χ2n) is 7.59. The lowest BCUT2D eigenvalue weighted by Crippen LogP contribution is -2.34. The summed E-state index contributed by atoms with van der Waals surface area (Å²) in [6.45, 7) is 1.50. The number of nitrogens with zero attached hydrogens (tertiary/aromatic N) is 4. The number of halogens is 1. The number of imidazole rings is 1. The summed E-state index contributed by atoms with van der Waals surface area (Å²) in [5, 5.41) is 18.0. The number of methoxy groups -OCH3 is 1. The maximum Gasteiger partial charge on any atom is 0.296 e.